The molecule has 29 heavy (non-hydrogen) atoms. The number of nitrogens with zero attached hydrogens (tertiary/aromatic N) is 1. The SMILES string of the molecule is COc1ccc(C(=O)C(=Nc2ccc(OC)cc2Br)c2ccc(OC)cc2)cc1. The second-order valence-electron chi connectivity index (χ2n) is 6.06. The minimum absolute atomic E-state index is 0.194. The second kappa shape index (κ2) is 9.39. The molecule has 0 aliphatic rings. The van der Waals surface area contributed by atoms with Gasteiger partial charge in [-0.15, -0.1) is 0 Å². The lowest BCUT2D eigenvalue weighted by Gasteiger charge is -2.10. The zero-order valence-corrected chi connectivity index (χ0v) is 17.9. The van der Waals surface area contributed by atoms with Crippen molar-refractivity contribution < 1.29 is 19.0 Å². The van der Waals surface area contributed by atoms with Gasteiger partial charge in [0, 0.05) is 15.6 Å². The van der Waals surface area contributed by atoms with Crippen LogP contribution in [0.2, 0.25) is 0 Å². The van der Waals surface area contributed by atoms with Crippen LogP contribution in [0.3, 0.4) is 0 Å². The number of methoxy groups -OCH3 is 3. The van der Waals surface area contributed by atoms with Crippen LogP contribution in [0, 0.1) is 0 Å². The van der Waals surface area contributed by atoms with E-state index in [0.29, 0.717) is 39.8 Å². The second-order valence-corrected chi connectivity index (χ2v) is 6.92. The standard InChI is InChI=1S/C23H20BrNO4/c1-27-17-8-4-15(5-9-17)22(23(26)16-6-10-18(28-2)11-7-16)25-21-13-12-19(29-3)14-20(21)24/h4-14H,1-3H3. The zero-order chi connectivity index (χ0) is 20.8. The van der Waals surface area contributed by atoms with Gasteiger partial charge in [0.15, 0.2) is 0 Å². The van der Waals surface area contributed by atoms with E-state index < -0.39 is 0 Å². The molecular weight excluding hydrogens is 434 g/mol. The van der Waals surface area contributed by atoms with Gasteiger partial charge in [0.1, 0.15) is 23.0 Å². The van der Waals surface area contributed by atoms with Crippen molar-refractivity contribution in [1.82, 2.24) is 0 Å². The normalized spacial score (nSPS) is 11.1. The molecule has 0 aliphatic heterocycles. The Morgan fingerprint density at radius 3 is 1.69 bits per heavy atom. The smallest absolute Gasteiger partial charge is 0.211 e. The molecule has 3 aromatic carbocycles. The van der Waals surface area contributed by atoms with Crippen LogP contribution in [0.15, 0.2) is 76.2 Å². The Hall–Kier alpha value is -3.12. The van der Waals surface area contributed by atoms with E-state index >= 15 is 0 Å². The van der Waals surface area contributed by atoms with Crippen molar-refractivity contribution in [3.05, 3.63) is 82.3 Å². The number of hydrogen-bond acceptors (Lipinski definition) is 5. The third-order valence-corrected chi connectivity index (χ3v) is 4.95. The number of rotatable bonds is 7. The van der Waals surface area contributed by atoms with Gasteiger partial charge < -0.3 is 14.2 Å². The topological polar surface area (TPSA) is 57.1 Å². The Kier molecular flexibility index (Phi) is 6.67. The molecule has 0 bridgehead atoms. The molecule has 0 atom stereocenters. The lowest BCUT2D eigenvalue weighted by molar-refractivity contribution is 0.106. The third-order valence-electron chi connectivity index (χ3n) is 4.32. The molecule has 0 aliphatic carbocycles. The van der Waals surface area contributed by atoms with Gasteiger partial charge in [-0.2, -0.15) is 0 Å². The van der Waals surface area contributed by atoms with E-state index in [2.05, 4.69) is 20.9 Å². The number of benzene rings is 3. The number of carbonyl (C=O) groups excluding carboxylic acids is 1. The lowest BCUT2D eigenvalue weighted by Crippen LogP contribution is -2.16. The third kappa shape index (κ3) is 4.84. The van der Waals surface area contributed by atoms with Crippen molar-refractivity contribution in [3.63, 3.8) is 0 Å². The summed E-state index contributed by atoms with van der Waals surface area (Å²) >= 11 is 3.50. The Labute approximate surface area is 178 Å². The first-order valence-corrected chi connectivity index (χ1v) is 9.60. The van der Waals surface area contributed by atoms with Crippen molar-refractivity contribution >= 4 is 33.1 Å². The van der Waals surface area contributed by atoms with Crippen molar-refractivity contribution in [2.75, 3.05) is 21.3 Å². The van der Waals surface area contributed by atoms with Crippen molar-refractivity contribution in [2.24, 2.45) is 4.99 Å². The Balaban J connectivity index is 2.08. The van der Waals surface area contributed by atoms with E-state index in [1.807, 2.05) is 18.2 Å². The molecule has 0 unspecified atom stereocenters. The highest BCUT2D eigenvalue weighted by Crippen LogP contribution is 2.30. The minimum Gasteiger partial charge on any atom is -0.497 e. The fourth-order valence-electron chi connectivity index (χ4n) is 2.70. The molecule has 5 nitrogen and oxygen atoms in total. The summed E-state index contributed by atoms with van der Waals surface area (Å²) in [5, 5.41) is 0. The zero-order valence-electron chi connectivity index (χ0n) is 16.3. The molecule has 0 N–H and O–H groups in total. The summed E-state index contributed by atoms with van der Waals surface area (Å²) in [6.07, 6.45) is 0. The summed E-state index contributed by atoms with van der Waals surface area (Å²) in [5.41, 5.74) is 2.15. The molecule has 0 spiro atoms. The lowest BCUT2D eigenvalue weighted by atomic mass is 10.00. The van der Waals surface area contributed by atoms with E-state index in [4.69, 9.17) is 14.2 Å². The number of hydrogen-bond donors (Lipinski definition) is 0. The van der Waals surface area contributed by atoms with Gasteiger partial charge >= 0.3 is 0 Å². The summed E-state index contributed by atoms with van der Waals surface area (Å²) in [7, 11) is 4.78. The largest absolute Gasteiger partial charge is 0.497 e. The average Bonchev–Trinajstić information content (AvgIpc) is 2.78. The van der Waals surface area contributed by atoms with Gasteiger partial charge in [0.2, 0.25) is 5.78 Å². The highest BCUT2D eigenvalue weighted by Gasteiger charge is 2.18. The number of ketones is 1. The first kappa shape index (κ1) is 20.6. The molecule has 0 radical (unpaired) electrons. The van der Waals surface area contributed by atoms with Gasteiger partial charge in [-0.1, -0.05) is 0 Å². The maximum absolute atomic E-state index is 13.3. The number of halogens is 1. The van der Waals surface area contributed by atoms with Crippen LogP contribution in [0.5, 0.6) is 17.2 Å². The molecule has 0 saturated heterocycles. The van der Waals surface area contributed by atoms with Gasteiger partial charge in [0.25, 0.3) is 0 Å². The van der Waals surface area contributed by atoms with Crippen LogP contribution >= 0.6 is 15.9 Å². The summed E-state index contributed by atoms with van der Waals surface area (Å²) < 4.78 is 16.4. The highest BCUT2D eigenvalue weighted by atomic mass is 79.9. The van der Waals surface area contributed by atoms with Crippen LogP contribution in [0.1, 0.15) is 15.9 Å². The van der Waals surface area contributed by atoms with Gasteiger partial charge in [-0.05, 0) is 82.7 Å². The highest BCUT2D eigenvalue weighted by molar-refractivity contribution is 9.10. The van der Waals surface area contributed by atoms with Gasteiger partial charge in [-0.25, -0.2) is 4.99 Å². The van der Waals surface area contributed by atoms with E-state index in [0.717, 1.165) is 4.47 Å². The molecule has 0 fully saturated rings. The first-order chi connectivity index (χ1) is 14.0. The van der Waals surface area contributed by atoms with Crippen molar-refractivity contribution in [3.8, 4) is 17.2 Å². The quantitative estimate of drug-likeness (QED) is 0.351. The minimum atomic E-state index is -0.194. The maximum Gasteiger partial charge on any atom is 0.211 e. The molecule has 6 heteroatoms. The number of carbonyl (C=O) groups is 1. The predicted octanol–water partition coefficient (Wildman–Crippen LogP) is 5.48. The number of Topliss-reactive ketones (excluding diaryl/α,β-unsaturated/α-hetero) is 1. The molecule has 0 aromatic heterocycles. The molecule has 148 valence electrons. The van der Waals surface area contributed by atoms with Crippen LogP contribution in [-0.4, -0.2) is 32.8 Å². The molecule has 3 rings (SSSR count). The average molecular weight is 454 g/mol. The van der Waals surface area contributed by atoms with Gasteiger partial charge in [-0.3, -0.25) is 4.79 Å². The van der Waals surface area contributed by atoms with Crippen LogP contribution in [-0.2, 0) is 0 Å². The van der Waals surface area contributed by atoms with E-state index in [-0.39, 0.29) is 5.78 Å². The molecule has 0 heterocycles. The Morgan fingerprint density at radius 2 is 1.21 bits per heavy atom. The Bertz CT molecular complexity index is 1030. The molecule has 0 saturated carbocycles. The summed E-state index contributed by atoms with van der Waals surface area (Å²) in [6.45, 7) is 0. The predicted molar refractivity (Wildman–Crippen MR) is 117 cm³/mol. The fraction of sp³-hybridized carbons (Fsp3) is 0.130. The maximum atomic E-state index is 13.3. The number of ether oxygens (including phenoxy) is 3. The monoisotopic (exact) mass is 453 g/mol. The Morgan fingerprint density at radius 1 is 0.724 bits per heavy atom. The summed E-state index contributed by atoms with van der Waals surface area (Å²) in [4.78, 5) is 18.0. The fourth-order valence-corrected chi connectivity index (χ4v) is 3.15. The molecular formula is C23H20BrNO4. The van der Waals surface area contributed by atoms with E-state index in [1.54, 1.807) is 69.9 Å². The van der Waals surface area contributed by atoms with E-state index in [9.17, 15) is 4.79 Å². The van der Waals surface area contributed by atoms with E-state index in [1.165, 1.54) is 0 Å². The van der Waals surface area contributed by atoms with Crippen molar-refractivity contribution in [2.45, 2.75) is 0 Å². The van der Waals surface area contributed by atoms with Crippen molar-refractivity contribution in [1.29, 1.82) is 0 Å². The summed E-state index contributed by atoms with van der Waals surface area (Å²) in [6, 6.07) is 19.6. The first-order valence-electron chi connectivity index (χ1n) is 8.81. The van der Waals surface area contributed by atoms with Gasteiger partial charge in [0.05, 0.1) is 27.0 Å². The van der Waals surface area contributed by atoms with Crippen LogP contribution < -0.4 is 14.2 Å². The molecule has 3 aromatic rings. The summed E-state index contributed by atoms with van der Waals surface area (Å²) in [5.74, 6) is 1.89. The number of aliphatic imine (C=N–C) groups is 1. The molecule has 0 amide bonds. The van der Waals surface area contributed by atoms with Crippen LogP contribution in [0.4, 0.5) is 5.69 Å². The van der Waals surface area contributed by atoms with Crippen LogP contribution in [0.25, 0.3) is 0 Å².